The summed E-state index contributed by atoms with van der Waals surface area (Å²) in [6.45, 7) is 1.96. The van der Waals surface area contributed by atoms with Gasteiger partial charge in [-0.15, -0.1) is 0 Å². The highest BCUT2D eigenvalue weighted by Gasteiger charge is 2.23. The third kappa shape index (κ3) is 3.36. The second kappa shape index (κ2) is 7.03. The number of fused-ring (bicyclic) bond motifs is 1. The van der Waals surface area contributed by atoms with E-state index in [-0.39, 0.29) is 11.9 Å². The lowest BCUT2D eigenvalue weighted by molar-refractivity contribution is 0.183. The van der Waals surface area contributed by atoms with Gasteiger partial charge in [-0.3, -0.25) is 4.68 Å². The van der Waals surface area contributed by atoms with Crippen molar-refractivity contribution in [3.05, 3.63) is 53.1 Å². The number of aromatic nitrogens is 2. The molecule has 0 unspecified atom stereocenters. The van der Waals surface area contributed by atoms with Crippen molar-refractivity contribution >= 4 is 0 Å². The van der Waals surface area contributed by atoms with Gasteiger partial charge in [0.05, 0.1) is 24.9 Å². The molecule has 1 atom stereocenters. The van der Waals surface area contributed by atoms with Crippen molar-refractivity contribution in [1.29, 1.82) is 0 Å². The molecule has 1 N–H and O–H groups in total. The Balaban J connectivity index is 1.69. The Bertz CT molecular complexity index is 626. The summed E-state index contributed by atoms with van der Waals surface area (Å²) in [5.41, 5.74) is 3.11. The summed E-state index contributed by atoms with van der Waals surface area (Å²) in [7, 11) is 1.70. The van der Waals surface area contributed by atoms with Gasteiger partial charge in [-0.1, -0.05) is 18.2 Å². The number of hydrogen-bond donors (Lipinski definition) is 1. The first-order valence-corrected chi connectivity index (χ1v) is 7.80. The molecule has 0 saturated carbocycles. The fourth-order valence-corrected chi connectivity index (χ4v) is 2.97. The van der Waals surface area contributed by atoms with Crippen LogP contribution >= 0.6 is 0 Å². The Hall–Kier alpha value is -1.72. The van der Waals surface area contributed by atoms with Crippen LogP contribution in [0.1, 0.15) is 35.7 Å². The smallest absolute Gasteiger partial charge is 0.127 e. The van der Waals surface area contributed by atoms with E-state index in [1.165, 1.54) is 11.6 Å². The molecule has 0 radical (unpaired) electrons. The topological polar surface area (TPSA) is 39.1 Å². The molecule has 3 rings (SSSR count). The Kier molecular flexibility index (Phi) is 4.85. The molecule has 0 saturated heterocycles. The second-order valence-electron chi connectivity index (χ2n) is 5.71. The molecule has 1 aliphatic rings. The predicted molar refractivity (Wildman–Crippen MR) is 83.0 cm³/mol. The highest BCUT2D eigenvalue weighted by Crippen LogP contribution is 2.28. The number of benzene rings is 1. The summed E-state index contributed by atoms with van der Waals surface area (Å²) >= 11 is 0. The maximum atomic E-state index is 13.7. The maximum absolute atomic E-state index is 13.7. The van der Waals surface area contributed by atoms with Crippen LogP contribution in [0.25, 0.3) is 0 Å². The van der Waals surface area contributed by atoms with Gasteiger partial charge in [-0.25, -0.2) is 4.39 Å². The average Bonchev–Trinajstić information content (AvgIpc) is 2.95. The molecular formula is C17H22FN3O. The average molecular weight is 303 g/mol. The normalized spacial score (nSPS) is 17.5. The Labute approximate surface area is 130 Å². The number of ether oxygens (including phenoxy) is 1. The molecule has 0 spiro atoms. The van der Waals surface area contributed by atoms with Crippen LogP contribution in [-0.4, -0.2) is 23.5 Å². The van der Waals surface area contributed by atoms with E-state index in [1.807, 2.05) is 16.8 Å². The van der Waals surface area contributed by atoms with E-state index in [9.17, 15) is 4.39 Å². The Morgan fingerprint density at radius 2 is 2.27 bits per heavy atom. The lowest BCUT2D eigenvalue weighted by Crippen LogP contribution is -2.25. The summed E-state index contributed by atoms with van der Waals surface area (Å²) in [5.74, 6) is -0.156. The molecular weight excluding hydrogens is 281 g/mol. The van der Waals surface area contributed by atoms with Crippen LogP contribution in [0.5, 0.6) is 0 Å². The number of rotatable bonds is 6. The Morgan fingerprint density at radius 1 is 1.41 bits per heavy atom. The van der Waals surface area contributed by atoms with Crippen molar-refractivity contribution in [2.75, 3.05) is 13.7 Å². The quantitative estimate of drug-likeness (QED) is 0.892. The molecule has 2 aromatic rings. The zero-order valence-electron chi connectivity index (χ0n) is 12.9. The molecule has 22 heavy (non-hydrogen) atoms. The summed E-state index contributed by atoms with van der Waals surface area (Å²) in [5, 5.41) is 8.14. The third-order valence-corrected chi connectivity index (χ3v) is 4.16. The van der Waals surface area contributed by atoms with Crippen LogP contribution in [0.15, 0.2) is 30.5 Å². The molecule has 0 amide bonds. The highest BCUT2D eigenvalue weighted by molar-refractivity contribution is 5.24. The molecule has 1 aromatic heterocycles. The Morgan fingerprint density at radius 3 is 3.09 bits per heavy atom. The molecule has 0 fully saturated rings. The van der Waals surface area contributed by atoms with Crippen LogP contribution in [0.3, 0.4) is 0 Å². The van der Waals surface area contributed by atoms with Crippen molar-refractivity contribution in [3.63, 3.8) is 0 Å². The molecule has 4 nitrogen and oxygen atoms in total. The van der Waals surface area contributed by atoms with Crippen LogP contribution < -0.4 is 5.32 Å². The standard InChI is InChI=1S/C17H22FN3O/c1-22-10-9-21-12-14-6-4-8-16(17(14)20-21)19-11-13-5-2-3-7-15(13)18/h2-3,5,7,12,16,19H,4,6,8-11H2,1H3/t16-/m0/s1. The minimum atomic E-state index is -0.156. The van der Waals surface area contributed by atoms with E-state index in [4.69, 9.17) is 4.74 Å². The number of nitrogens with zero attached hydrogens (tertiary/aromatic N) is 2. The van der Waals surface area contributed by atoms with E-state index < -0.39 is 0 Å². The molecule has 1 aliphatic carbocycles. The number of hydrogen-bond acceptors (Lipinski definition) is 3. The van der Waals surface area contributed by atoms with Crippen molar-refractivity contribution in [3.8, 4) is 0 Å². The van der Waals surface area contributed by atoms with Crippen molar-refractivity contribution in [1.82, 2.24) is 15.1 Å². The fourth-order valence-electron chi connectivity index (χ4n) is 2.97. The minimum Gasteiger partial charge on any atom is -0.383 e. The van der Waals surface area contributed by atoms with Crippen molar-refractivity contribution < 1.29 is 9.13 Å². The zero-order chi connectivity index (χ0) is 15.4. The summed E-state index contributed by atoms with van der Waals surface area (Å²) in [6, 6.07) is 7.11. The van der Waals surface area contributed by atoms with Crippen molar-refractivity contribution in [2.24, 2.45) is 0 Å². The molecule has 0 bridgehead atoms. The lowest BCUT2D eigenvalue weighted by Gasteiger charge is -2.22. The van der Waals surface area contributed by atoms with Crippen LogP contribution in [0, 0.1) is 5.82 Å². The molecule has 118 valence electrons. The van der Waals surface area contributed by atoms with Crippen LogP contribution in [0.2, 0.25) is 0 Å². The first-order chi connectivity index (χ1) is 10.8. The van der Waals surface area contributed by atoms with Crippen LogP contribution in [-0.2, 0) is 24.2 Å². The number of halogens is 1. The number of methoxy groups -OCH3 is 1. The second-order valence-corrected chi connectivity index (χ2v) is 5.71. The molecule has 5 heteroatoms. The van der Waals surface area contributed by atoms with Gasteiger partial charge >= 0.3 is 0 Å². The van der Waals surface area contributed by atoms with Gasteiger partial charge in [0.1, 0.15) is 5.82 Å². The molecule has 1 heterocycles. The van der Waals surface area contributed by atoms with E-state index in [2.05, 4.69) is 16.6 Å². The number of nitrogens with one attached hydrogen (secondary N) is 1. The van der Waals surface area contributed by atoms with Gasteiger partial charge in [0.25, 0.3) is 0 Å². The van der Waals surface area contributed by atoms with Gasteiger partial charge in [0, 0.05) is 25.4 Å². The lowest BCUT2D eigenvalue weighted by atomic mass is 9.93. The molecule has 0 aliphatic heterocycles. The number of aryl methyl sites for hydroxylation is 1. The van der Waals surface area contributed by atoms with Gasteiger partial charge in [0.15, 0.2) is 0 Å². The first-order valence-electron chi connectivity index (χ1n) is 7.80. The highest BCUT2D eigenvalue weighted by atomic mass is 19.1. The maximum Gasteiger partial charge on any atom is 0.127 e. The summed E-state index contributed by atoms with van der Waals surface area (Å²) < 4.78 is 20.8. The van der Waals surface area contributed by atoms with Gasteiger partial charge < -0.3 is 10.1 Å². The monoisotopic (exact) mass is 303 g/mol. The largest absolute Gasteiger partial charge is 0.383 e. The van der Waals surface area contributed by atoms with Gasteiger partial charge in [-0.05, 0) is 30.9 Å². The van der Waals surface area contributed by atoms with Gasteiger partial charge in [0.2, 0.25) is 0 Å². The predicted octanol–water partition coefficient (Wildman–Crippen LogP) is 2.84. The first kappa shape index (κ1) is 15.2. The molecule has 1 aromatic carbocycles. The third-order valence-electron chi connectivity index (χ3n) is 4.16. The van der Waals surface area contributed by atoms with E-state index in [1.54, 1.807) is 13.2 Å². The van der Waals surface area contributed by atoms with E-state index in [0.717, 1.165) is 31.5 Å². The zero-order valence-corrected chi connectivity index (χ0v) is 12.9. The minimum absolute atomic E-state index is 0.156. The van der Waals surface area contributed by atoms with E-state index >= 15 is 0 Å². The SMILES string of the molecule is COCCn1cc2c(n1)[C@@H](NCc1ccccc1F)CCC2. The summed E-state index contributed by atoms with van der Waals surface area (Å²) in [6.07, 6.45) is 5.37. The fraction of sp³-hybridized carbons (Fsp3) is 0.471. The van der Waals surface area contributed by atoms with E-state index in [0.29, 0.717) is 18.7 Å². The summed E-state index contributed by atoms with van der Waals surface area (Å²) in [4.78, 5) is 0. The van der Waals surface area contributed by atoms with Crippen LogP contribution in [0.4, 0.5) is 4.39 Å². The van der Waals surface area contributed by atoms with Crippen molar-refractivity contribution in [2.45, 2.75) is 38.4 Å². The van der Waals surface area contributed by atoms with Gasteiger partial charge in [-0.2, -0.15) is 5.10 Å².